The normalized spacial score (nSPS) is 17.0. The van der Waals surface area contributed by atoms with Gasteiger partial charge in [-0.2, -0.15) is 4.98 Å². The lowest BCUT2D eigenvalue weighted by atomic mass is 9.99. The van der Waals surface area contributed by atoms with Gasteiger partial charge in [0.15, 0.2) is 5.82 Å². The third-order valence-electron chi connectivity index (χ3n) is 4.38. The second-order valence-electron chi connectivity index (χ2n) is 6.20. The van der Waals surface area contributed by atoms with Crippen LogP contribution in [0.5, 0.6) is 0 Å². The second kappa shape index (κ2) is 7.20. The number of nitrogens with two attached hydrogens (primary N) is 1. The van der Waals surface area contributed by atoms with E-state index >= 15 is 0 Å². The molecule has 0 atom stereocenters. The van der Waals surface area contributed by atoms with Gasteiger partial charge >= 0.3 is 0 Å². The van der Waals surface area contributed by atoms with Crippen molar-refractivity contribution in [3.05, 3.63) is 30.1 Å². The molecule has 1 heterocycles. The van der Waals surface area contributed by atoms with E-state index in [1.165, 1.54) is 19.2 Å². The van der Waals surface area contributed by atoms with Crippen LogP contribution >= 0.6 is 0 Å². The molecule has 0 radical (unpaired) electrons. The first-order chi connectivity index (χ1) is 11.9. The highest BCUT2D eigenvalue weighted by atomic mass is 32.2. The van der Waals surface area contributed by atoms with Crippen LogP contribution in [0, 0.1) is 0 Å². The maximum absolute atomic E-state index is 12.1. The van der Waals surface area contributed by atoms with Crippen molar-refractivity contribution in [1.29, 1.82) is 0 Å². The van der Waals surface area contributed by atoms with E-state index < -0.39 is 15.6 Å². The van der Waals surface area contributed by atoms with Crippen molar-refractivity contribution in [3.8, 4) is 11.5 Å². The predicted molar refractivity (Wildman–Crippen MR) is 91.1 cm³/mol. The van der Waals surface area contributed by atoms with Crippen LogP contribution in [0.3, 0.4) is 0 Å². The SMILES string of the molecule is COCCNS(=O)(=O)c1ccc(-c2nc(C3(N)CCCC3)no2)cc1. The molecule has 0 saturated heterocycles. The fourth-order valence-electron chi connectivity index (χ4n) is 2.91. The summed E-state index contributed by atoms with van der Waals surface area (Å²) in [5, 5.41) is 4.01. The topological polar surface area (TPSA) is 120 Å². The molecular weight excluding hydrogens is 344 g/mol. The Morgan fingerprint density at radius 2 is 1.96 bits per heavy atom. The van der Waals surface area contributed by atoms with Crippen molar-refractivity contribution in [3.63, 3.8) is 0 Å². The molecule has 136 valence electrons. The Bertz CT molecular complexity index is 811. The Kier molecular flexibility index (Phi) is 5.19. The van der Waals surface area contributed by atoms with Gasteiger partial charge in [-0.25, -0.2) is 13.1 Å². The van der Waals surface area contributed by atoms with Crippen LogP contribution in [0.2, 0.25) is 0 Å². The maximum atomic E-state index is 12.1. The fraction of sp³-hybridized carbons (Fsp3) is 0.500. The number of hydrogen-bond donors (Lipinski definition) is 2. The van der Waals surface area contributed by atoms with Crippen LogP contribution in [-0.4, -0.2) is 38.8 Å². The molecule has 2 aromatic rings. The van der Waals surface area contributed by atoms with Crippen LogP contribution in [0.4, 0.5) is 0 Å². The highest BCUT2D eigenvalue weighted by Gasteiger charge is 2.36. The van der Waals surface area contributed by atoms with Crippen molar-refractivity contribution in [2.24, 2.45) is 5.73 Å². The minimum atomic E-state index is -3.57. The lowest BCUT2D eigenvalue weighted by Gasteiger charge is -2.17. The van der Waals surface area contributed by atoms with Crippen LogP contribution in [-0.2, 0) is 20.3 Å². The molecule has 3 N–H and O–H groups in total. The smallest absolute Gasteiger partial charge is 0.257 e. The number of methoxy groups -OCH3 is 1. The number of sulfonamides is 1. The van der Waals surface area contributed by atoms with Gasteiger partial charge in [-0.1, -0.05) is 18.0 Å². The van der Waals surface area contributed by atoms with Crippen LogP contribution in [0.1, 0.15) is 31.5 Å². The van der Waals surface area contributed by atoms with Crippen LogP contribution in [0.25, 0.3) is 11.5 Å². The molecule has 1 aliphatic carbocycles. The summed E-state index contributed by atoms with van der Waals surface area (Å²) >= 11 is 0. The summed E-state index contributed by atoms with van der Waals surface area (Å²) in [6.07, 6.45) is 3.80. The molecule has 0 spiro atoms. The third kappa shape index (κ3) is 3.90. The monoisotopic (exact) mass is 366 g/mol. The molecule has 0 aliphatic heterocycles. The van der Waals surface area contributed by atoms with E-state index in [1.807, 2.05) is 0 Å². The molecule has 0 bridgehead atoms. The molecule has 25 heavy (non-hydrogen) atoms. The van der Waals surface area contributed by atoms with E-state index in [2.05, 4.69) is 14.9 Å². The van der Waals surface area contributed by atoms with E-state index in [0.717, 1.165) is 25.7 Å². The first-order valence-electron chi connectivity index (χ1n) is 8.17. The zero-order valence-corrected chi connectivity index (χ0v) is 14.9. The molecule has 0 amide bonds. The Morgan fingerprint density at radius 3 is 2.60 bits per heavy atom. The van der Waals surface area contributed by atoms with E-state index in [1.54, 1.807) is 12.1 Å². The second-order valence-corrected chi connectivity index (χ2v) is 7.97. The summed E-state index contributed by atoms with van der Waals surface area (Å²) < 4.78 is 36.9. The van der Waals surface area contributed by atoms with Gasteiger partial charge in [0.25, 0.3) is 5.89 Å². The van der Waals surface area contributed by atoms with E-state index in [0.29, 0.717) is 23.9 Å². The largest absolute Gasteiger partial charge is 0.383 e. The molecule has 1 fully saturated rings. The van der Waals surface area contributed by atoms with Gasteiger partial charge in [0.1, 0.15) is 0 Å². The van der Waals surface area contributed by atoms with Crippen molar-refractivity contribution >= 4 is 10.0 Å². The average molecular weight is 366 g/mol. The third-order valence-corrected chi connectivity index (χ3v) is 5.85. The number of nitrogens with one attached hydrogen (secondary N) is 1. The Balaban J connectivity index is 1.76. The quantitative estimate of drug-likeness (QED) is 0.710. The molecule has 1 aliphatic rings. The minimum absolute atomic E-state index is 0.165. The minimum Gasteiger partial charge on any atom is -0.383 e. The summed E-state index contributed by atoms with van der Waals surface area (Å²) in [5.41, 5.74) is 6.46. The molecular formula is C16H22N4O4S. The lowest BCUT2D eigenvalue weighted by Crippen LogP contribution is -2.34. The predicted octanol–water partition coefficient (Wildman–Crippen LogP) is 1.39. The standard InChI is InChI=1S/C16H22N4O4S/c1-23-11-10-18-25(21,22)13-6-4-12(5-7-13)14-19-15(20-24-14)16(17)8-2-3-9-16/h4-7,18H,2-3,8-11,17H2,1H3. The Hall–Kier alpha value is -1.81. The maximum Gasteiger partial charge on any atom is 0.257 e. The molecule has 0 unspecified atom stereocenters. The highest BCUT2D eigenvalue weighted by molar-refractivity contribution is 7.89. The Labute approximate surface area is 146 Å². The number of benzene rings is 1. The summed E-state index contributed by atoms with van der Waals surface area (Å²) in [5.74, 6) is 0.848. The summed E-state index contributed by atoms with van der Waals surface area (Å²) in [6, 6.07) is 6.28. The number of rotatable bonds is 7. The van der Waals surface area contributed by atoms with Gasteiger partial charge in [-0.3, -0.25) is 0 Å². The highest BCUT2D eigenvalue weighted by Crippen LogP contribution is 2.35. The van der Waals surface area contributed by atoms with Crippen molar-refractivity contribution in [2.45, 2.75) is 36.1 Å². The number of aromatic nitrogens is 2. The Morgan fingerprint density at radius 1 is 1.28 bits per heavy atom. The summed E-state index contributed by atoms with van der Waals surface area (Å²) in [7, 11) is -2.05. The lowest BCUT2D eigenvalue weighted by molar-refractivity contribution is 0.204. The zero-order valence-electron chi connectivity index (χ0n) is 14.1. The van der Waals surface area contributed by atoms with Crippen molar-refractivity contribution in [2.75, 3.05) is 20.3 Å². The fourth-order valence-corrected chi connectivity index (χ4v) is 3.92. The zero-order chi connectivity index (χ0) is 17.9. The summed E-state index contributed by atoms with van der Waals surface area (Å²) in [4.78, 5) is 4.57. The van der Waals surface area contributed by atoms with Gasteiger partial charge in [-0.05, 0) is 37.1 Å². The van der Waals surface area contributed by atoms with E-state index in [4.69, 9.17) is 15.0 Å². The number of nitrogens with zero attached hydrogens (tertiary/aromatic N) is 2. The molecule has 1 aromatic heterocycles. The first kappa shape index (κ1) is 18.0. The van der Waals surface area contributed by atoms with Crippen molar-refractivity contribution < 1.29 is 17.7 Å². The van der Waals surface area contributed by atoms with Gasteiger partial charge in [0.2, 0.25) is 10.0 Å². The van der Waals surface area contributed by atoms with Crippen LogP contribution in [0.15, 0.2) is 33.7 Å². The van der Waals surface area contributed by atoms with E-state index in [9.17, 15) is 8.42 Å². The molecule has 1 aromatic carbocycles. The van der Waals surface area contributed by atoms with Gasteiger partial charge in [0.05, 0.1) is 17.0 Å². The van der Waals surface area contributed by atoms with Crippen LogP contribution < -0.4 is 10.5 Å². The number of hydrogen-bond acceptors (Lipinski definition) is 7. The molecule has 1 saturated carbocycles. The number of ether oxygens (including phenoxy) is 1. The van der Waals surface area contributed by atoms with Gasteiger partial charge < -0.3 is 15.0 Å². The summed E-state index contributed by atoms with van der Waals surface area (Å²) in [6.45, 7) is 0.523. The van der Waals surface area contributed by atoms with E-state index in [-0.39, 0.29) is 11.4 Å². The molecule has 9 heteroatoms. The van der Waals surface area contributed by atoms with Gasteiger partial charge in [-0.15, -0.1) is 0 Å². The first-order valence-corrected chi connectivity index (χ1v) is 9.65. The average Bonchev–Trinajstić information content (AvgIpc) is 3.25. The van der Waals surface area contributed by atoms with Crippen molar-refractivity contribution in [1.82, 2.24) is 14.9 Å². The van der Waals surface area contributed by atoms with Gasteiger partial charge in [0, 0.05) is 19.2 Å². The molecule has 3 rings (SSSR count). The molecule has 8 nitrogen and oxygen atoms in total.